The minimum atomic E-state index is -4.04. The van der Waals surface area contributed by atoms with Crippen molar-refractivity contribution in [3.05, 3.63) is 86.1 Å². The molecule has 0 aliphatic heterocycles. The molecule has 5 nitrogen and oxygen atoms in total. The largest absolute Gasteiger partial charge is 0.326 e. The Labute approximate surface area is 202 Å². The zero-order valence-corrected chi connectivity index (χ0v) is 20.7. The molecule has 0 unspecified atom stereocenters. The van der Waals surface area contributed by atoms with E-state index in [1.54, 1.807) is 6.33 Å². The first kappa shape index (κ1) is 22.9. The number of imidazole rings is 1. The van der Waals surface area contributed by atoms with E-state index in [9.17, 15) is 8.42 Å². The summed E-state index contributed by atoms with van der Waals surface area (Å²) in [7, 11) is -4.04. The second-order valence-electron chi connectivity index (χ2n) is 7.66. The summed E-state index contributed by atoms with van der Waals surface area (Å²) in [6, 6.07) is 12.7. The predicted molar refractivity (Wildman–Crippen MR) is 132 cm³/mol. The van der Waals surface area contributed by atoms with Crippen LogP contribution in [0.2, 0.25) is 15.1 Å². The number of benzene rings is 3. The SMILES string of the molecule is Cc1ccccc1Cn1cnc2c(NS(=O)(=O)c3cc(Cl)c(Cl)cc3Cl)c(C)c(C)cc21. The van der Waals surface area contributed by atoms with Crippen LogP contribution >= 0.6 is 34.8 Å². The molecule has 0 spiro atoms. The molecular formula is C23H20Cl3N3O2S. The Bertz CT molecular complexity index is 1460. The van der Waals surface area contributed by atoms with Crippen LogP contribution in [0.25, 0.3) is 11.0 Å². The normalized spacial score (nSPS) is 11.8. The topological polar surface area (TPSA) is 64.0 Å². The first-order chi connectivity index (χ1) is 15.1. The third-order valence-electron chi connectivity index (χ3n) is 5.54. The summed E-state index contributed by atoms with van der Waals surface area (Å²) in [4.78, 5) is 4.38. The number of fused-ring (bicyclic) bond motifs is 1. The maximum Gasteiger partial charge on any atom is 0.263 e. The van der Waals surface area contributed by atoms with E-state index < -0.39 is 10.0 Å². The van der Waals surface area contributed by atoms with Crippen LogP contribution < -0.4 is 4.72 Å². The monoisotopic (exact) mass is 507 g/mol. The average molecular weight is 509 g/mol. The fraction of sp³-hybridized carbons (Fsp3) is 0.174. The van der Waals surface area contributed by atoms with Gasteiger partial charge in [-0.1, -0.05) is 59.1 Å². The molecule has 0 saturated carbocycles. The second kappa shape index (κ2) is 8.60. The van der Waals surface area contributed by atoms with Crippen molar-refractivity contribution < 1.29 is 8.42 Å². The van der Waals surface area contributed by atoms with Crippen LogP contribution in [0.15, 0.2) is 53.7 Å². The number of halogens is 3. The number of nitrogens with one attached hydrogen (secondary N) is 1. The van der Waals surface area contributed by atoms with Gasteiger partial charge in [0, 0.05) is 6.54 Å². The summed E-state index contributed by atoms with van der Waals surface area (Å²) in [6.07, 6.45) is 1.72. The van der Waals surface area contributed by atoms with Gasteiger partial charge in [-0.2, -0.15) is 0 Å². The highest BCUT2D eigenvalue weighted by molar-refractivity contribution is 7.92. The van der Waals surface area contributed by atoms with Gasteiger partial charge in [0.1, 0.15) is 10.4 Å². The number of aryl methyl sites for hydroxylation is 2. The molecule has 0 bridgehead atoms. The van der Waals surface area contributed by atoms with E-state index in [2.05, 4.69) is 28.8 Å². The van der Waals surface area contributed by atoms with E-state index in [0.717, 1.165) is 22.2 Å². The molecule has 4 aromatic rings. The van der Waals surface area contributed by atoms with E-state index in [1.165, 1.54) is 17.7 Å². The van der Waals surface area contributed by atoms with Gasteiger partial charge in [0.25, 0.3) is 10.0 Å². The molecule has 1 heterocycles. The lowest BCUT2D eigenvalue weighted by Gasteiger charge is -2.15. The maximum atomic E-state index is 13.2. The number of hydrogen-bond acceptors (Lipinski definition) is 3. The van der Waals surface area contributed by atoms with Crippen molar-refractivity contribution >= 4 is 61.5 Å². The predicted octanol–water partition coefficient (Wildman–Crippen LogP) is 6.77. The summed E-state index contributed by atoms with van der Waals surface area (Å²) >= 11 is 18.2. The third-order valence-corrected chi connectivity index (χ3v) is 8.07. The Hall–Kier alpha value is -2.25. The molecule has 3 aromatic carbocycles. The highest BCUT2D eigenvalue weighted by atomic mass is 35.5. The summed E-state index contributed by atoms with van der Waals surface area (Å²) < 4.78 is 31.1. The molecular weight excluding hydrogens is 489 g/mol. The average Bonchev–Trinajstić information content (AvgIpc) is 3.12. The molecule has 1 aromatic heterocycles. The van der Waals surface area contributed by atoms with Gasteiger partial charge in [-0.3, -0.25) is 4.72 Å². The molecule has 166 valence electrons. The lowest BCUT2D eigenvalue weighted by Crippen LogP contribution is -2.15. The number of aromatic nitrogens is 2. The molecule has 0 fully saturated rings. The van der Waals surface area contributed by atoms with E-state index in [4.69, 9.17) is 34.8 Å². The molecule has 0 aliphatic rings. The van der Waals surface area contributed by atoms with E-state index in [1.807, 2.05) is 36.6 Å². The van der Waals surface area contributed by atoms with Crippen LogP contribution in [0.1, 0.15) is 22.3 Å². The van der Waals surface area contributed by atoms with Crippen LogP contribution in [0.3, 0.4) is 0 Å². The van der Waals surface area contributed by atoms with Crippen molar-refractivity contribution in [3.63, 3.8) is 0 Å². The zero-order chi connectivity index (χ0) is 23.2. The van der Waals surface area contributed by atoms with Gasteiger partial charge in [-0.05, 0) is 61.2 Å². The van der Waals surface area contributed by atoms with Crippen LogP contribution in [0, 0.1) is 20.8 Å². The molecule has 0 saturated heterocycles. The highest BCUT2D eigenvalue weighted by Crippen LogP contribution is 2.35. The van der Waals surface area contributed by atoms with Crippen molar-refractivity contribution in [2.45, 2.75) is 32.2 Å². The zero-order valence-electron chi connectivity index (χ0n) is 17.6. The Morgan fingerprint density at radius 3 is 2.34 bits per heavy atom. The van der Waals surface area contributed by atoms with Gasteiger partial charge < -0.3 is 4.57 Å². The Balaban J connectivity index is 1.81. The van der Waals surface area contributed by atoms with Gasteiger partial charge in [0.2, 0.25) is 0 Å². The van der Waals surface area contributed by atoms with Crippen LogP contribution in [0.5, 0.6) is 0 Å². The van der Waals surface area contributed by atoms with Crippen LogP contribution in [-0.4, -0.2) is 18.0 Å². The smallest absolute Gasteiger partial charge is 0.263 e. The Morgan fingerprint density at radius 2 is 1.62 bits per heavy atom. The number of sulfonamides is 1. The van der Waals surface area contributed by atoms with E-state index in [0.29, 0.717) is 17.7 Å². The lowest BCUT2D eigenvalue weighted by molar-refractivity contribution is 0.601. The first-order valence-corrected chi connectivity index (χ1v) is 12.4. The summed E-state index contributed by atoms with van der Waals surface area (Å²) in [5, 5.41) is 0.267. The van der Waals surface area contributed by atoms with Crippen molar-refractivity contribution in [1.82, 2.24) is 9.55 Å². The molecule has 32 heavy (non-hydrogen) atoms. The van der Waals surface area contributed by atoms with Crippen molar-refractivity contribution in [2.75, 3.05) is 4.72 Å². The van der Waals surface area contributed by atoms with Gasteiger partial charge in [-0.25, -0.2) is 13.4 Å². The third kappa shape index (κ3) is 4.20. The standard InChI is InChI=1S/C23H20Cl3N3O2S/c1-13-6-4-5-7-16(13)11-29-12-27-23-20(29)8-14(2)15(3)22(23)28-32(30,31)21-10-18(25)17(24)9-19(21)26/h4-10,12,28H,11H2,1-3H3. The van der Waals surface area contributed by atoms with Crippen molar-refractivity contribution in [2.24, 2.45) is 0 Å². The van der Waals surface area contributed by atoms with E-state index in [-0.39, 0.29) is 20.0 Å². The minimum absolute atomic E-state index is 0.0152. The molecule has 4 rings (SSSR count). The van der Waals surface area contributed by atoms with Crippen molar-refractivity contribution in [3.8, 4) is 0 Å². The van der Waals surface area contributed by atoms with Gasteiger partial charge >= 0.3 is 0 Å². The van der Waals surface area contributed by atoms with Gasteiger partial charge in [0.15, 0.2) is 0 Å². The fourth-order valence-electron chi connectivity index (χ4n) is 3.55. The van der Waals surface area contributed by atoms with Gasteiger partial charge in [0.05, 0.1) is 32.6 Å². The molecule has 0 amide bonds. The van der Waals surface area contributed by atoms with E-state index >= 15 is 0 Å². The second-order valence-corrected chi connectivity index (χ2v) is 10.5. The number of nitrogens with zero attached hydrogens (tertiary/aromatic N) is 2. The Morgan fingerprint density at radius 1 is 0.938 bits per heavy atom. The van der Waals surface area contributed by atoms with Crippen molar-refractivity contribution in [1.29, 1.82) is 0 Å². The van der Waals surface area contributed by atoms with Gasteiger partial charge in [-0.15, -0.1) is 0 Å². The lowest BCUT2D eigenvalue weighted by atomic mass is 10.1. The minimum Gasteiger partial charge on any atom is -0.326 e. The first-order valence-electron chi connectivity index (χ1n) is 9.75. The molecule has 1 N–H and O–H groups in total. The van der Waals surface area contributed by atoms with Crippen LogP contribution in [-0.2, 0) is 16.6 Å². The quantitative estimate of drug-likeness (QED) is 0.303. The molecule has 0 aliphatic carbocycles. The molecule has 0 atom stereocenters. The number of hydrogen-bond donors (Lipinski definition) is 1. The molecule has 9 heteroatoms. The molecule has 0 radical (unpaired) electrons. The maximum absolute atomic E-state index is 13.2. The Kier molecular flexibility index (Phi) is 6.16. The number of rotatable bonds is 5. The summed E-state index contributed by atoms with van der Waals surface area (Å²) in [5.41, 5.74) is 5.84. The fourth-order valence-corrected chi connectivity index (χ4v) is 5.68. The van der Waals surface area contributed by atoms with Crippen LogP contribution in [0.4, 0.5) is 5.69 Å². The number of anilines is 1. The highest BCUT2D eigenvalue weighted by Gasteiger charge is 2.23. The summed E-state index contributed by atoms with van der Waals surface area (Å²) in [6.45, 7) is 6.47. The summed E-state index contributed by atoms with van der Waals surface area (Å²) in [5.74, 6) is 0.